The lowest BCUT2D eigenvalue weighted by atomic mass is 10.4. The van der Waals surface area contributed by atoms with Gasteiger partial charge in [-0.15, -0.1) is 0 Å². The van der Waals surface area contributed by atoms with Gasteiger partial charge in [-0.05, 0) is 0 Å². The Bertz CT molecular complexity index is 357. The molecule has 18 heavy (non-hydrogen) atoms. The molecule has 0 saturated carbocycles. The molecule has 6 N–H and O–H groups in total. The van der Waals surface area contributed by atoms with E-state index >= 15 is 0 Å². The van der Waals surface area contributed by atoms with Crippen LogP contribution in [0.2, 0.25) is 0 Å². The molecule has 0 aliphatic carbocycles. The third-order valence-corrected chi connectivity index (χ3v) is 1.08. The van der Waals surface area contributed by atoms with Crippen LogP contribution in [-0.2, 0) is 24.7 Å². The van der Waals surface area contributed by atoms with Crippen molar-refractivity contribution in [2.75, 3.05) is 19.6 Å². The standard InChI is InChI=1S/C6H9NO6.H3NO3S/c8-4(9)1-7(2-5(10)11)3-6(12)13;1-5(2,3)4/h1-3H2,(H,8,9)(H,10,11)(H,12,13);(H3,1,2,3,4). The lowest BCUT2D eigenvalue weighted by molar-refractivity contribution is -0.144. The highest BCUT2D eigenvalue weighted by Gasteiger charge is 2.15. The van der Waals surface area contributed by atoms with Crippen LogP contribution in [0.1, 0.15) is 0 Å². The first kappa shape index (κ1) is 18.6. The van der Waals surface area contributed by atoms with Crippen LogP contribution in [0, 0.1) is 0 Å². The molecular weight excluding hydrogens is 276 g/mol. The summed E-state index contributed by atoms with van der Waals surface area (Å²) < 4.78 is 25.2. The summed E-state index contributed by atoms with van der Waals surface area (Å²) in [4.78, 5) is 31.2. The summed E-state index contributed by atoms with van der Waals surface area (Å²) >= 11 is 0. The van der Waals surface area contributed by atoms with Gasteiger partial charge in [-0.25, -0.2) is 5.14 Å². The normalized spacial score (nSPS) is 10.4. The van der Waals surface area contributed by atoms with Crippen LogP contribution in [0.3, 0.4) is 0 Å². The quantitative estimate of drug-likeness (QED) is 0.320. The van der Waals surface area contributed by atoms with Crippen LogP contribution < -0.4 is 5.14 Å². The maximum atomic E-state index is 10.1. The topological polar surface area (TPSA) is 196 Å². The molecular formula is C6H12N2O9S. The molecule has 0 bridgehead atoms. The Morgan fingerprint density at radius 1 is 0.889 bits per heavy atom. The Hall–Kier alpha value is -1.76. The molecule has 0 rings (SSSR count). The molecule has 0 aromatic carbocycles. The van der Waals surface area contributed by atoms with Gasteiger partial charge in [0, 0.05) is 0 Å². The van der Waals surface area contributed by atoms with Gasteiger partial charge in [0.05, 0.1) is 19.6 Å². The van der Waals surface area contributed by atoms with E-state index in [1.807, 2.05) is 0 Å². The summed E-state index contributed by atoms with van der Waals surface area (Å²) in [5.74, 6) is -3.78. The van der Waals surface area contributed by atoms with Crippen molar-refractivity contribution < 1.29 is 42.7 Å². The first-order valence-corrected chi connectivity index (χ1v) is 5.55. The van der Waals surface area contributed by atoms with E-state index in [-0.39, 0.29) is 0 Å². The van der Waals surface area contributed by atoms with Gasteiger partial charge in [-0.3, -0.25) is 23.8 Å². The second-order valence-corrected chi connectivity index (χ2v) is 3.87. The smallest absolute Gasteiger partial charge is 0.330 e. The SMILES string of the molecule is NS(=O)(=O)O.O=C(O)CN(CC(=O)O)CC(=O)O. The molecule has 12 heteroatoms. The number of hydrogen-bond acceptors (Lipinski definition) is 6. The van der Waals surface area contributed by atoms with E-state index in [0.29, 0.717) is 0 Å². The van der Waals surface area contributed by atoms with E-state index in [9.17, 15) is 14.4 Å². The fourth-order valence-electron chi connectivity index (χ4n) is 0.742. The maximum absolute atomic E-state index is 10.1. The van der Waals surface area contributed by atoms with Crippen molar-refractivity contribution in [1.29, 1.82) is 0 Å². The monoisotopic (exact) mass is 288 g/mol. The average Bonchev–Trinajstić information content (AvgIpc) is 1.94. The number of aliphatic carboxylic acids is 3. The van der Waals surface area contributed by atoms with Gasteiger partial charge in [-0.1, -0.05) is 0 Å². The predicted molar refractivity (Wildman–Crippen MR) is 55.1 cm³/mol. The van der Waals surface area contributed by atoms with Crippen LogP contribution in [0.15, 0.2) is 0 Å². The molecule has 0 heterocycles. The Morgan fingerprint density at radius 2 is 1.06 bits per heavy atom. The number of carbonyl (C=O) groups is 3. The van der Waals surface area contributed by atoms with Gasteiger partial charge in [0.25, 0.3) is 0 Å². The fourth-order valence-corrected chi connectivity index (χ4v) is 0.742. The molecule has 0 aromatic heterocycles. The molecule has 0 saturated heterocycles. The van der Waals surface area contributed by atoms with Crippen LogP contribution in [0.5, 0.6) is 0 Å². The Kier molecular flexibility index (Phi) is 8.63. The van der Waals surface area contributed by atoms with Crippen molar-refractivity contribution >= 4 is 28.2 Å². The van der Waals surface area contributed by atoms with Gasteiger partial charge in [-0.2, -0.15) is 8.42 Å². The van der Waals surface area contributed by atoms with Gasteiger partial charge in [0.15, 0.2) is 0 Å². The molecule has 0 aromatic rings. The largest absolute Gasteiger partial charge is 0.480 e. The zero-order valence-corrected chi connectivity index (χ0v) is 9.70. The second-order valence-electron chi connectivity index (χ2n) is 2.84. The summed E-state index contributed by atoms with van der Waals surface area (Å²) in [5.41, 5.74) is 0. The van der Waals surface area contributed by atoms with E-state index in [1.165, 1.54) is 0 Å². The minimum Gasteiger partial charge on any atom is -0.480 e. The Labute approximate surface area is 101 Å². The first-order chi connectivity index (χ1) is 7.91. The molecule has 0 spiro atoms. The molecule has 0 aliphatic heterocycles. The number of rotatable bonds is 6. The van der Waals surface area contributed by atoms with Crippen molar-refractivity contribution in [3.63, 3.8) is 0 Å². The first-order valence-electron chi connectivity index (χ1n) is 4.04. The van der Waals surface area contributed by atoms with E-state index in [1.54, 1.807) is 0 Å². The highest BCUT2D eigenvalue weighted by molar-refractivity contribution is 7.83. The number of nitrogens with zero attached hydrogens (tertiary/aromatic N) is 1. The van der Waals surface area contributed by atoms with Crippen molar-refractivity contribution in [3.05, 3.63) is 0 Å². The molecule has 106 valence electrons. The van der Waals surface area contributed by atoms with Gasteiger partial charge in [0.2, 0.25) is 0 Å². The van der Waals surface area contributed by atoms with Crippen molar-refractivity contribution in [2.45, 2.75) is 0 Å². The lowest BCUT2D eigenvalue weighted by Gasteiger charge is -2.14. The third-order valence-electron chi connectivity index (χ3n) is 1.08. The lowest BCUT2D eigenvalue weighted by Crippen LogP contribution is -2.38. The summed E-state index contributed by atoms with van der Waals surface area (Å²) in [5, 5.41) is 28.7. The average molecular weight is 288 g/mol. The minimum absolute atomic E-state index is 0.599. The number of carboxylic acids is 3. The Balaban J connectivity index is 0. The van der Waals surface area contributed by atoms with E-state index in [2.05, 4.69) is 5.14 Å². The summed E-state index contributed by atoms with van der Waals surface area (Å²) in [7, 11) is -4.17. The zero-order chi connectivity index (χ0) is 14.9. The van der Waals surface area contributed by atoms with Crippen LogP contribution in [-0.4, -0.2) is 70.7 Å². The molecule has 0 atom stereocenters. The van der Waals surface area contributed by atoms with Crippen molar-refractivity contribution in [3.8, 4) is 0 Å². The van der Waals surface area contributed by atoms with Gasteiger partial charge >= 0.3 is 28.2 Å². The number of carboxylic acid groups (broad SMARTS) is 3. The summed E-state index contributed by atoms with van der Waals surface area (Å²) in [6.07, 6.45) is 0. The molecule has 0 unspecified atom stereocenters. The van der Waals surface area contributed by atoms with E-state index < -0.39 is 47.8 Å². The molecule has 0 aliphatic rings. The van der Waals surface area contributed by atoms with Crippen molar-refractivity contribution in [2.24, 2.45) is 5.14 Å². The summed E-state index contributed by atoms with van der Waals surface area (Å²) in [6, 6.07) is 0. The predicted octanol–water partition coefficient (Wildman–Crippen LogP) is -2.71. The second kappa shape index (κ2) is 8.35. The number of hydrogen-bond donors (Lipinski definition) is 5. The highest BCUT2D eigenvalue weighted by atomic mass is 32.2. The highest BCUT2D eigenvalue weighted by Crippen LogP contribution is 1.87. The molecule has 11 nitrogen and oxygen atoms in total. The fraction of sp³-hybridized carbons (Fsp3) is 0.500. The maximum Gasteiger partial charge on any atom is 0.330 e. The molecule has 0 amide bonds. The van der Waals surface area contributed by atoms with Crippen molar-refractivity contribution in [1.82, 2.24) is 4.90 Å². The number of nitrogens with two attached hydrogens (primary N) is 1. The van der Waals surface area contributed by atoms with Gasteiger partial charge < -0.3 is 15.3 Å². The Morgan fingerprint density at radius 3 is 1.17 bits per heavy atom. The van der Waals surface area contributed by atoms with E-state index in [0.717, 1.165) is 4.90 Å². The summed E-state index contributed by atoms with van der Waals surface area (Å²) in [6.45, 7) is -1.80. The zero-order valence-electron chi connectivity index (χ0n) is 8.88. The van der Waals surface area contributed by atoms with Crippen LogP contribution in [0.25, 0.3) is 0 Å². The van der Waals surface area contributed by atoms with E-state index in [4.69, 9.17) is 28.3 Å². The van der Waals surface area contributed by atoms with Crippen LogP contribution >= 0.6 is 0 Å². The van der Waals surface area contributed by atoms with Crippen LogP contribution in [0.4, 0.5) is 0 Å². The minimum atomic E-state index is -4.17. The third kappa shape index (κ3) is 23.8. The molecule has 0 fully saturated rings. The molecule has 0 radical (unpaired) electrons. The van der Waals surface area contributed by atoms with Gasteiger partial charge in [0.1, 0.15) is 0 Å².